The number of hydrogen-bond acceptors (Lipinski definition) is 4. The van der Waals surface area contributed by atoms with Crippen LogP contribution in [0.25, 0.3) is 0 Å². The van der Waals surface area contributed by atoms with Gasteiger partial charge in [-0.15, -0.1) is 0 Å². The van der Waals surface area contributed by atoms with Gasteiger partial charge >= 0.3 is 0 Å². The van der Waals surface area contributed by atoms with Gasteiger partial charge in [0.25, 0.3) is 0 Å². The standard InChI is InChI=1S/C12H16N4/c1-2-9-16(8-1)12-10(4-3-5-15-12)11-13-6-7-14-11/h3-5H,1-2,6-9H2,(H,13,14). The summed E-state index contributed by atoms with van der Waals surface area (Å²) in [4.78, 5) is 11.3. The van der Waals surface area contributed by atoms with Crippen molar-refractivity contribution in [2.75, 3.05) is 31.1 Å². The van der Waals surface area contributed by atoms with Crippen LogP contribution in [0, 0.1) is 0 Å². The highest BCUT2D eigenvalue weighted by molar-refractivity contribution is 6.03. The number of aromatic nitrogens is 1. The minimum Gasteiger partial charge on any atom is -0.368 e. The van der Waals surface area contributed by atoms with Gasteiger partial charge in [-0.1, -0.05) is 0 Å². The predicted octanol–water partition coefficient (Wildman–Crippen LogP) is 1.03. The van der Waals surface area contributed by atoms with Crippen molar-refractivity contribution in [1.82, 2.24) is 10.3 Å². The zero-order valence-corrected chi connectivity index (χ0v) is 9.32. The Labute approximate surface area is 95.4 Å². The number of pyridine rings is 1. The number of nitrogens with zero attached hydrogens (tertiary/aromatic N) is 3. The maximum absolute atomic E-state index is 4.51. The molecule has 3 rings (SSSR count). The summed E-state index contributed by atoms with van der Waals surface area (Å²) in [6.07, 6.45) is 4.42. The van der Waals surface area contributed by atoms with Gasteiger partial charge in [0.15, 0.2) is 0 Å². The van der Waals surface area contributed by atoms with Crippen molar-refractivity contribution in [2.24, 2.45) is 4.99 Å². The third-order valence-electron chi connectivity index (χ3n) is 3.12. The van der Waals surface area contributed by atoms with Crippen LogP contribution < -0.4 is 10.2 Å². The average molecular weight is 216 g/mol. The second-order valence-corrected chi connectivity index (χ2v) is 4.23. The van der Waals surface area contributed by atoms with Gasteiger partial charge in [0, 0.05) is 25.8 Å². The molecule has 3 heterocycles. The minimum absolute atomic E-state index is 0.879. The van der Waals surface area contributed by atoms with Crippen molar-refractivity contribution in [3.63, 3.8) is 0 Å². The monoisotopic (exact) mass is 216 g/mol. The van der Waals surface area contributed by atoms with Gasteiger partial charge in [0.05, 0.1) is 12.1 Å². The number of anilines is 1. The molecule has 0 spiro atoms. The van der Waals surface area contributed by atoms with E-state index in [9.17, 15) is 0 Å². The van der Waals surface area contributed by atoms with Crippen molar-refractivity contribution in [2.45, 2.75) is 12.8 Å². The van der Waals surface area contributed by atoms with Crippen LogP contribution in [0.1, 0.15) is 18.4 Å². The zero-order valence-electron chi connectivity index (χ0n) is 9.32. The van der Waals surface area contributed by atoms with E-state index in [4.69, 9.17) is 0 Å². The van der Waals surface area contributed by atoms with Crippen LogP contribution in [0.2, 0.25) is 0 Å². The molecule has 2 aliphatic rings. The summed E-state index contributed by atoms with van der Waals surface area (Å²) >= 11 is 0. The number of rotatable bonds is 2. The molecule has 0 atom stereocenters. The van der Waals surface area contributed by atoms with Crippen molar-refractivity contribution in [3.8, 4) is 0 Å². The third kappa shape index (κ3) is 1.64. The highest BCUT2D eigenvalue weighted by Crippen LogP contribution is 2.22. The number of aliphatic imine (C=N–C) groups is 1. The van der Waals surface area contributed by atoms with Crippen LogP contribution >= 0.6 is 0 Å². The van der Waals surface area contributed by atoms with Gasteiger partial charge in [-0.25, -0.2) is 4.98 Å². The van der Waals surface area contributed by atoms with E-state index in [2.05, 4.69) is 26.3 Å². The Morgan fingerprint density at radius 2 is 2.12 bits per heavy atom. The molecular weight excluding hydrogens is 200 g/mol. The maximum atomic E-state index is 4.51. The van der Waals surface area contributed by atoms with Crippen LogP contribution in [0.3, 0.4) is 0 Å². The fourth-order valence-corrected chi connectivity index (χ4v) is 2.34. The van der Waals surface area contributed by atoms with Gasteiger partial charge in [0.1, 0.15) is 11.7 Å². The van der Waals surface area contributed by atoms with Crippen LogP contribution in [-0.4, -0.2) is 37.0 Å². The molecule has 0 saturated carbocycles. The summed E-state index contributed by atoms with van der Waals surface area (Å²) < 4.78 is 0. The molecule has 0 amide bonds. The van der Waals surface area contributed by atoms with E-state index in [0.29, 0.717) is 0 Å². The molecule has 16 heavy (non-hydrogen) atoms. The van der Waals surface area contributed by atoms with E-state index < -0.39 is 0 Å². The summed E-state index contributed by atoms with van der Waals surface area (Å²) in [5.41, 5.74) is 1.15. The Morgan fingerprint density at radius 3 is 2.88 bits per heavy atom. The second-order valence-electron chi connectivity index (χ2n) is 4.23. The largest absolute Gasteiger partial charge is 0.368 e. The average Bonchev–Trinajstić information content (AvgIpc) is 3.03. The van der Waals surface area contributed by atoms with E-state index in [1.807, 2.05) is 12.3 Å². The van der Waals surface area contributed by atoms with Gasteiger partial charge in [0.2, 0.25) is 0 Å². The topological polar surface area (TPSA) is 40.5 Å². The van der Waals surface area contributed by atoms with E-state index >= 15 is 0 Å². The fraction of sp³-hybridized carbons (Fsp3) is 0.500. The van der Waals surface area contributed by atoms with Crippen LogP contribution in [-0.2, 0) is 0 Å². The summed E-state index contributed by atoms with van der Waals surface area (Å²) in [5, 5.41) is 3.32. The van der Waals surface area contributed by atoms with Crippen molar-refractivity contribution >= 4 is 11.7 Å². The Kier molecular flexibility index (Phi) is 2.48. The van der Waals surface area contributed by atoms with E-state index in [1.54, 1.807) is 0 Å². The highest BCUT2D eigenvalue weighted by Gasteiger charge is 2.20. The van der Waals surface area contributed by atoms with Gasteiger partial charge in [-0.05, 0) is 25.0 Å². The van der Waals surface area contributed by atoms with E-state index in [-0.39, 0.29) is 0 Å². The molecule has 0 aromatic carbocycles. The molecule has 1 aromatic rings. The lowest BCUT2D eigenvalue weighted by Gasteiger charge is -2.19. The molecular formula is C12H16N4. The molecule has 0 aliphatic carbocycles. The number of nitrogens with one attached hydrogen (secondary N) is 1. The third-order valence-corrected chi connectivity index (χ3v) is 3.12. The van der Waals surface area contributed by atoms with Crippen LogP contribution in [0.5, 0.6) is 0 Å². The summed E-state index contributed by atoms with van der Waals surface area (Å²) in [5.74, 6) is 2.10. The van der Waals surface area contributed by atoms with E-state index in [1.165, 1.54) is 12.8 Å². The molecule has 1 saturated heterocycles. The first kappa shape index (κ1) is 9.63. The number of hydrogen-bond donors (Lipinski definition) is 1. The fourth-order valence-electron chi connectivity index (χ4n) is 2.34. The lowest BCUT2D eigenvalue weighted by molar-refractivity contribution is 0.930. The molecule has 0 bridgehead atoms. The summed E-state index contributed by atoms with van der Waals surface area (Å²) in [7, 11) is 0. The zero-order chi connectivity index (χ0) is 10.8. The van der Waals surface area contributed by atoms with Crippen molar-refractivity contribution in [1.29, 1.82) is 0 Å². The lowest BCUT2D eigenvalue weighted by Crippen LogP contribution is -2.26. The molecule has 0 radical (unpaired) electrons. The molecule has 4 nitrogen and oxygen atoms in total. The quantitative estimate of drug-likeness (QED) is 0.802. The molecule has 1 fully saturated rings. The predicted molar refractivity (Wildman–Crippen MR) is 65.1 cm³/mol. The van der Waals surface area contributed by atoms with Crippen LogP contribution in [0.4, 0.5) is 5.82 Å². The maximum Gasteiger partial charge on any atom is 0.139 e. The van der Waals surface area contributed by atoms with Gasteiger partial charge < -0.3 is 10.2 Å². The Hall–Kier alpha value is -1.58. The first-order valence-electron chi connectivity index (χ1n) is 5.94. The Morgan fingerprint density at radius 1 is 1.25 bits per heavy atom. The molecule has 1 aromatic heterocycles. The molecule has 2 aliphatic heterocycles. The minimum atomic E-state index is 0.879. The summed E-state index contributed by atoms with van der Waals surface area (Å²) in [6.45, 7) is 4.07. The molecule has 1 N–H and O–H groups in total. The second kappa shape index (κ2) is 4.12. The normalized spacial score (nSPS) is 19.8. The Balaban J connectivity index is 1.96. The van der Waals surface area contributed by atoms with Crippen LogP contribution in [0.15, 0.2) is 23.3 Å². The van der Waals surface area contributed by atoms with Crippen molar-refractivity contribution < 1.29 is 0 Å². The lowest BCUT2D eigenvalue weighted by atomic mass is 10.2. The van der Waals surface area contributed by atoms with Crippen molar-refractivity contribution in [3.05, 3.63) is 23.9 Å². The molecule has 4 heteroatoms. The Bertz CT molecular complexity index is 407. The summed E-state index contributed by atoms with van der Waals surface area (Å²) in [6, 6.07) is 4.09. The molecule has 0 unspecified atom stereocenters. The smallest absolute Gasteiger partial charge is 0.139 e. The first-order valence-corrected chi connectivity index (χ1v) is 5.94. The molecule has 84 valence electrons. The van der Waals surface area contributed by atoms with Gasteiger partial charge in [-0.3, -0.25) is 4.99 Å². The highest BCUT2D eigenvalue weighted by atomic mass is 15.2. The SMILES string of the molecule is c1cnc(N2CCCC2)c(C2=NCCN2)c1. The number of amidine groups is 1. The van der Waals surface area contributed by atoms with Gasteiger partial charge in [-0.2, -0.15) is 0 Å². The first-order chi connectivity index (χ1) is 7.95. The van der Waals surface area contributed by atoms with E-state index in [0.717, 1.165) is 43.4 Å².